The summed E-state index contributed by atoms with van der Waals surface area (Å²) in [6.45, 7) is 3.55. The number of amides is 2. The molecule has 25 heavy (non-hydrogen) atoms. The summed E-state index contributed by atoms with van der Waals surface area (Å²) in [5.41, 5.74) is 2.54. The van der Waals surface area contributed by atoms with Crippen molar-refractivity contribution in [3.63, 3.8) is 0 Å². The lowest BCUT2D eigenvalue weighted by atomic mass is 9.96. The van der Waals surface area contributed by atoms with Gasteiger partial charge in [0.2, 0.25) is 5.91 Å². The molecule has 1 unspecified atom stereocenters. The number of carboxylic acids is 1. The molecule has 1 aromatic heterocycles. The molecule has 0 saturated carbocycles. The van der Waals surface area contributed by atoms with Crippen LogP contribution < -0.4 is 10.7 Å². The monoisotopic (exact) mass is 366 g/mol. The van der Waals surface area contributed by atoms with E-state index >= 15 is 0 Å². The summed E-state index contributed by atoms with van der Waals surface area (Å²) in [6, 6.07) is 1.49. The van der Waals surface area contributed by atoms with E-state index in [1.165, 1.54) is 22.9 Å². The van der Waals surface area contributed by atoms with Crippen LogP contribution in [0, 0.1) is 0 Å². The van der Waals surface area contributed by atoms with Gasteiger partial charge >= 0.3 is 5.97 Å². The van der Waals surface area contributed by atoms with Gasteiger partial charge < -0.3 is 25.2 Å². The lowest BCUT2D eigenvalue weighted by molar-refractivity contribution is -0.160. The number of nitrogens with zero attached hydrogens (tertiary/aromatic N) is 2. The summed E-state index contributed by atoms with van der Waals surface area (Å²) < 4.78 is 4.54. The van der Waals surface area contributed by atoms with Crippen LogP contribution in [0.1, 0.15) is 19.6 Å². The third kappa shape index (κ3) is 2.76. The highest BCUT2D eigenvalue weighted by Crippen LogP contribution is 2.50. The summed E-state index contributed by atoms with van der Waals surface area (Å²) in [7, 11) is 1.54. The predicted molar refractivity (Wildman–Crippen MR) is 90.0 cm³/mol. The van der Waals surface area contributed by atoms with Gasteiger partial charge in [-0.25, -0.2) is 4.79 Å². The van der Waals surface area contributed by atoms with Crippen LogP contribution in [0.4, 0.5) is 0 Å². The maximum absolute atomic E-state index is 12.5. The number of carboxylic acid groups (broad SMARTS) is 1. The maximum Gasteiger partial charge on any atom is 0.327 e. The van der Waals surface area contributed by atoms with Crippen molar-refractivity contribution in [1.29, 1.82) is 0 Å². The minimum atomic E-state index is -1.05. The van der Waals surface area contributed by atoms with Crippen LogP contribution in [0.3, 0.4) is 0 Å². The van der Waals surface area contributed by atoms with Gasteiger partial charge in [0.05, 0.1) is 6.26 Å². The van der Waals surface area contributed by atoms with E-state index in [9.17, 15) is 19.5 Å². The Bertz CT molecular complexity index is 745. The third-order valence-electron chi connectivity index (χ3n) is 4.15. The molecule has 2 fully saturated rings. The number of carbonyl (C=O) groups excluding carboxylic acids is 2. The fraction of sp³-hybridized carbons (Fsp3) is 0.467. The van der Waals surface area contributed by atoms with Crippen LogP contribution in [0.5, 0.6) is 0 Å². The van der Waals surface area contributed by atoms with Gasteiger partial charge in [-0.15, -0.1) is 11.8 Å². The van der Waals surface area contributed by atoms with E-state index < -0.39 is 40.0 Å². The Morgan fingerprint density at radius 3 is 2.72 bits per heavy atom. The number of hydrazone groups is 1. The molecule has 1 aromatic rings. The summed E-state index contributed by atoms with van der Waals surface area (Å²) in [4.78, 5) is 37.7. The molecule has 9 nitrogen and oxygen atoms in total. The molecule has 0 aliphatic carbocycles. The second-order valence-corrected chi connectivity index (χ2v) is 7.98. The number of aliphatic carboxylic acids is 1. The summed E-state index contributed by atoms with van der Waals surface area (Å²) >= 11 is 1.36. The Kier molecular flexibility index (Phi) is 4.23. The third-order valence-corrected chi connectivity index (χ3v) is 5.73. The standard InChI is InChI=1S/C15H18N4O5S/c1-15(2)10(14(22)23)19-12(21)9(13(19)25-15)17-11(20)8(18-16-3)7-5-4-6-24-7/h4-6,9-10,13,16H,1-3H3,(H,17,20)(H,22,23)/b18-8+/t9?,10-,13+/m0/s1. The molecule has 3 rings (SSSR count). The highest BCUT2D eigenvalue weighted by Gasteiger charge is 2.64. The number of nitrogens with one attached hydrogen (secondary N) is 2. The van der Waals surface area contributed by atoms with Crippen molar-refractivity contribution in [2.24, 2.45) is 5.10 Å². The van der Waals surface area contributed by atoms with Crippen molar-refractivity contribution in [2.45, 2.75) is 36.1 Å². The highest BCUT2D eigenvalue weighted by molar-refractivity contribution is 8.01. The Morgan fingerprint density at radius 2 is 2.16 bits per heavy atom. The first kappa shape index (κ1) is 17.3. The van der Waals surface area contributed by atoms with Crippen LogP contribution in [0.25, 0.3) is 0 Å². The smallest absolute Gasteiger partial charge is 0.327 e. The molecule has 2 aliphatic rings. The summed E-state index contributed by atoms with van der Waals surface area (Å²) in [5, 5.41) is 15.5. The SMILES string of the molecule is CN/N=C(/C(=O)NC1C(=O)N2[C@@H]1SC(C)(C)[C@@H]2C(=O)O)c1ccco1. The minimum absolute atomic E-state index is 0.00999. The fourth-order valence-electron chi connectivity index (χ4n) is 3.10. The molecule has 2 saturated heterocycles. The number of thioether (sulfide) groups is 1. The molecule has 3 heterocycles. The molecule has 3 N–H and O–H groups in total. The maximum atomic E-state index is 12.5. The largest absolute Gasteiger partial charge is 0.480 e. The second-order valence-electron chi connectivity index (χ2n) is 6.21. The Morgan fingerprint density at radius 1 is 1.44 bits per heavy atom. The first-order chi connectivity index (χ1) is 11.8. The minimum Gasteiger partial charge on any atom is -0.480 e. The van der Waals surface area contributed by atoms with Crippen LogP contribution in [-0.2, 0) is 14.4 Å². The fourth-order valence-corrected chi connectivity index (χ4v) is 4.72. The Balaban J connectivity index is 1.77. The lowest BCUT2D eigenvalue weighted by Gasteiger charge is -2.43. The topological polar surface area (TPSA) is 124 Å². The zero-order valence-corrected chi connectivity index (χ0v) is 14.7. The molecule has 0 bridgehead atoms. The van der Waals surface area contributed by atoms with E-state index in [0.717, 1.165) is 0 Å². The van der Waals surface area contributed by atoms with Crippen LogP contribution >= 0.6 is 11.8 Å². The first-order valence-electron chi connectivity index (χ1n) is 7.60. The molecule has 0 aromatic carbocycles. The van der Waals surface area contributed by atoms with E-state index in [0.29, 0.717) is 0 Å². The number of hydrogen-bond acceptors (Lipinski definition) is 7. The molecule has 0 spiro atoms. The van der Waals surface area contributed by atoms with Gasteiger partial charge in [-0.1, -0.05) is 0 Å². The average Bonchev–Trinajstić information content (AvgIpc) is 3.14. The van der Waals surface area contributed by atoms with Crippen molar-refractivity contribution in [1.82, 2.24) is 15.6 Å². The molecule has 2 amide bonds. The normalized spacial score (nSPS) is 27.5. The van der Waals surface area contributed by atoms with Gasteiger partial charge in [0.15, 0.2) is 11.5 Å². The molecule has 3 atom stereocenters. The van der Waals surface area contributed by atoms with Crippen molar-refractivity contribution < 1.29 is 23.9 Å². The quantitative estimate of drug-likeness (QED) is 0.375. The van der Waals surface area contributed by atoms with E-state index in [-0.39, 0.29) is 11.5 Å². The molecule has 2 aliphatic heterocycles. The molecule has 134 valence electrons. The number of furan rings is 1. The lowest BCUT2D eigenvalue weighted by Crippen LogP contribution is -2.71. The number of rotatable bonds is 5. The number of hydrogen-bond donors (Lipinski definition) is 3. The van der Waals surface area contributed by atoms with Crippen molar-refractivity contribution in [3.8, 4) is 0 Å². The van der Waals surface area contributed by atoms with Crippen LogP contribution in [0.15, 0.2) is 27.9 Å². The van der Waals surface area contributed by atoms with Gasteiger partial charge in [0, 0.05) is 11.8 Å². The van der Waals surface area contributed by atoms with Crippen LogP contribution in [-0.4, -0.2) is 62.8 Å². The summed E-state index contributed by atoms with van der Waals surface area (Å²) in [6.07, 6.45) is 1.41. The molecule has 0 radical (unpaired) electrons. The Hall–Kier alpha value is -2.49. The summed E-state index contributed by atoms with van der Waals surface area (Å²) in [5.74, 6) is -1.77. The highest BCUT2D eigenvalue weighted by atomic mass is 32.2. The number of β-lactam (4-membered cyclic amide) rings is 1. The van der Waals surface area contributed by atoms with Gasteiger partial charge in [-0.2, -0.15) is 5.10 Å². The molecular formula is C15H18N4O5S. The number of fused-ring (bicyclic) bond motifs is 1. The van der Waals surface area contributed by atoms with Crippen molar-refractivity contribution in [3.05, 3.63) is 24.2 Å². The second kappa shape index (κ2) is 6.10. The zero-order chi connectivity index (χ0) is 18.4. The first-order valence-corrected chi connectivity index (χ1v) is 8.48. The number of carbonyl (C=O) groups is 3. The zero-order valence-electron chi connectivity index (χ0n) is 13.8. The van der Waals surface area contributed by atoms with E-state index in [4.69, 9.17) is 4.42 Å². The van der Waals surface area contributed by atoms with E-state index in [2.05, 4.69) is 15.8 Å². The van der Waals surface area contributed by atoms with Gasteiger partial charge in [-0.05, 0) is 26.0 Å². The van der Waals surface area contributed by atoms with E-state index in [1.54, 1.807) is 33.0 Å². The van der Waals surface area contributed by atoms with Crippen molar-refractivity contribution >= 4 is 35.3 Å². The Labute approximate surface area is 147 Å². The van der Waals surface area contributed by atoms with E-state index in [1.807, 2.05) is 0 Å². The average molecular weight is 366 g/mol. The molecular weight excluding hydrogens is 348 g/mol. The van der Waals surface area contributed by atoms with Gasteiger partial charge in [0.25, 0.3) is 5.91 Å². The predicted octanol–water partition coefficient (Wildman–Crippen LogP) is -0.165. The van der Waals surface area contributed by atoms with Gasteiger partial charge in [0.1, 0.15) is 17.5 Å². The van der Waals surface area contributed by atoms with Crippen molar-refractivity contribution in [2.75, 3.05) is 7.05 Å². The molecule has 10 heteroatoms. The van der Waals surface area contributed by atoms with Crippen LogP contribution in [0.2, 0.25) is 0 Å². The van der Waals surface area contributed by atoms with Gasteiger partial charge in [-0.3, -0.25) is 9.59 Å².